The van der Waals surface area contributed by atoms with E-state index in [-0.39, 0.29) is 25.0 Å². The molecule has 0 aliphatic rings. The Morgan fingerprint density at radius 2 is 1.25 bits per heavy atom. The average molecular weight is 613 g/mol. The minimum Gasteiger partial charge on any atom is -0.480 e. The van der Waals surface area contributed by atoms with Gasteiger partial charge in [0.05, 0.1) is 0 Å². The van der Waals surface area contributed by atoms with Crippen LogP contribution >= 0.6 is 24.6 Å². The van der Waals surface area contributed by atoms with E-state index in [1.165, 1.54) is 0 Å². The van der Waals surface area contributed by atoms with E-state index in [1.807, 2.05) is 5.32 Å². The van der Waals surface area contributed by atoms with Crippen molar-refractivity contribution in [1.82, 2.24) is 20.3 Å². The minimum atomic E-state index is -1.50. The van der Waals surface area contributed by atoms with Crippen molar-refractivity contribution >= 4 is 72.1 Å². The molecule has 0 rings (SSSR count). The molecule has 11 N–H and O–H groups in total. The number of thiol groups is 1. The highest BCUT2D eigenvalue weighted by atomic mass is 32.2. The van der Waals surface area contributed by atoms with E-state index in [0.717, 1.165) is 0 Å². The van der Waals surface area contributed by atoms with Crippen LogP contribution in [0.2, 0.25) is 0 Å². The van der Waals surface area contributed by atoms with E-state index in [9.17, 15) is 43.5 Å². The van der Waals surface area contributed by atoms with E-state index >= 15 is 0 Å². The fourth-order valence-corrected chi connectivity index (χ4v) is 3.92. The quantitative estimate of drug-likeness (QED) is 0.0463. The third-order valence-electron chi connectivity index (χ3n) is 4.80. The second kappa shape index (κ2) is 18.6. The molecule has 0 bridgehead atoms. The van der Waals surface area contributed by atoms with Crippen LogP contribution in [0.5, 0.6) is 0 Å². The zero-order chi connectivity index (χ0) is 31.0. The number of amides is 4. The molecule has 226 valence electrons. The minimum absolute atomic E-state index is 0.244. The van der Waals surface area contributed by atoms with E-state index in [1.54, 1.807) is 0 Å². The number of aliphatic carboxylic acids is 4. The molecule has 18 nitrogen and oxygen atoms in total. The molecule has 20 heteroatoms. The molecule has 0 aromatic heterocycles. The molecule has 0 saturated heterocycles. The number of nitrogens with zero attached hydrogens (tertiary/aromatic N) is 1. The molecule has 0 heterocycles. The predicted octanol–water partition coefficient (Wildman–Crippen LogP) is -3.97. The van der Waals surface area contributed by atoms with E-state index < -0.39 is 96.9 Å². The normalized spacial score (nSPS) is 13.6. The van der Waals surface area contributed by atoms with Crippen LogP contribution in [-0.4, -0.2) is 121 Å². The predicted molar refractivity (Wildman–Crippen MR) is 140 cm³/mol. The maximum Gasteiger partial charge on any atom is 0.324 e. The summed E-state index contributed by atoms with van der Waals surface area (Å²) in [6, 6.07) is -5.55. The first-order valence-electron chi connectivity index (χ1n) is 11.4. The van der Waals surface area contributed by atoms with Gasteiger partial charge in [-0.3, -0.25) is 42.7 Å². The van der Waals surface area contributed by atoms with Crippen LogP contribution in [-0.2, 0) is 38.4 Å². The summed E-state index contributed by atoms with van der Waals surface area (Å²) in [5.41, 5.74) is 10.7. The first kappa shape index (κ1) is 36.4. The number of hydrogen-bond acceptors (Lipinski definition) is 12. The fourth-order valence-electron chi connectivity index (χ4n) is 2.66. The van der Waals surface area contributed by atoms with Gasteiger partial charge < -0.3 is 47.8 Å². The third-order valence-corrected chi connectivity index (χ3v) is 6.27. The summed E-state index contributed by atoms with van der Waals surface area (Å²) in [6.07, 6.45) is -1.31. The second-order valence-corrected chi connectivity index (χ2v) is 9.46. The number of nitrogens with two attached hydrogens (primary N) is 2. The maximum atomic E-state index is 13.0. The summed E-state index contributed by atoms with van der Waals surface area (Å²) < 4.78 is 0.677. The van der Waals surface area contributed by atoms with Crippen LogP contribution < -0.4 is 27.4 Å². The number of hydrogen-bond donors (Lipinski definition) is 10. The van der Waals surface area contributed by atoms with Crippen LogP contribution in [0.3, 0.4) is 0 Å². The molecule has 0 spiro atoms. The second-order valence-electron chi connectivity index (χ2n) is 8.07. The molecule has 40 heavy (non-hydrogen) atoms. The van der Waals surface area contributed by atoms with Crippen molar-refractivity contribution in [2.24, 2.45) is 11.5 Å². The van der Waals surface area contributed by atoms with E-state index in [4.69, 9.17) is 26.8 Å². The van der Waals surface area contributed by atoms with Gasteiger partial charge in [-0.05, 0) is 24.8 Å². The van der Waals surface area contributed by atoms with Crippen LogP contribution in [0, 0.1) is 0 Å². The van der Waals surface area contributed by atoms with Crippen molar-refractivity contribution in [3.63, 3.8) is 0 Å². The lowest BCUT2D eigenvalue weighted by atomic mass is 10.1. The van der Waals surface area contributed by atoms with Gasteiger partial charge in [-0.1, -0.05) is 0 Å². The van der Waals surface area contributed by atoms with Gasteiger partial charge >= 0.3 is 23.9 Å². The molecule has 0 aliphatic heterocycles. The molecule has 0 aliphatic carbocycles. The smallest absolute Gasteiger partial charge is 0.324 e. The molecule has 0 fully saturated rings. The molecular weight excluding hydrogens is 580 g/mol. The molecule has 0 aromatic carbocycles. The van der Waals surface area contributed by atoms with Crippen molar-refractivity contribution in [1.29, 1.82) is 0 Å². The van der Waals surface area contributed by atoms with Gasteiger partial charge in [0.2, 0.25) is 17.7 Å². The Balaban J connectivity index is 5.54. The molecule has 4 amide bonds. The summed E-state index contributed by atoms with van der Waals surface area (Å²) in [5.74, 6) is -9.91. The SMILES string of the molecule is N[C@@H](CCC(=O)N[C@H](CSN(CC(=O)O)C(=O)[C@@H](CS)NC(=O)CC[C@H](N)C(=O)O)C(=O)NCC(=O)O)C(=O)O. The molecule has 0 aromatic rings. The summed E-state index contributed by atoms with van der Waals surface area (Å²) in [5, 5.41) is 42.2. The molecule has 0 radical (unpaired) electrons. The fraction of sp³-hybridized carbons (Fsp3) is 0.600. The number of carbonyl (C=O) groups is 8. The highest BCUT2D eigenvalue weighted by molar-refractivity contribution is 7.97. The highest BCUT2D eigenvalue weighted by Gasteiger charge is 2.30. The number of carbonyl (C=O) groups excluding carboxylic acids is 4. The van der Waals surface area contributed by atoms with Gasteiger partial charge in [0.15, 0.2) is 0 Å². The standard InChI is InChI=1S/C20H32N6O12S2/c21-9(19(35)36)1-3-13(27)24-11(7-39)18(34)26(6-16(31)32)40-8-12(17(33)23-5-15(29)30)25-14(28)4-2-10(22)20(37)38/h9-12,39H,1-8,21-22H2,(H,23,33)(H,24,27)(H,25,28)(H,29,30)(H,31,32)(H,35,36)(H,37,38)/t9-,10-,11+,12+/m0/s1. The summed E-state index contributed by atoms with van der Waals surface area (Å²) >= 11 is 4.45. The van der Waals surface area contributed by atoms with Crippen LogP contribution in [0.25, 0.3) is 0 Å². The van der Waals surface area contributed by atoms with Gasteiger partial charge in [-0.25, -0.2) is 0 Å². The Morgan fingerprint density at radius 1 is 0.775 bits per heavy atom. The first-order chi connectivity index (χ1) is 18.6. The van der Waals surface area contributed by atoms with Gasteiger partial charge in [0, 0.05) is 24.3 Å². The van der Waals surface area contributed by atoms with Gasteiger partial charge in [0.25, 0.3) is 5.91 Å². The lowest BCUT2D eigenvalue weighted by Crippen LogP contribution is -2.52. The van der Waals surface area contributed by atoms with Crippen molar-refractivity contribution in [3.8, 4) is 0 Å². The molecule has 0 saturated carbocycles. The van der Waals surface area contributed by atoms with Crippen molar-refractivity contribution in [2.45, 2.75) is 49.9 Å². The molecule has 0 unspecified atom stereocenters. The largest absolute Gasteiger partial charge is 0.480 e. The zero-order valence-electron chi connectivity index (χ0n) is 21.0. The Kier molecular flexibility index (Phi) is 16.9. The molecule has 4 atom stereocenters. The summed E-state index contributed by atoms with van der Waals surface area (Å²) in [7, 11) is 0. The topological polar surface area (TPSA) is 309 Å². The Morgan fingerprint density at radius 3 is 1.65 bits per heavy atom. The van der Waals surface area contributed by atoms with Crippen molar-refractivity contribution in [2.75, 3.05) is 24.6 Å². The third kappa shape index (κ3) is 15.1. The lowest BCUT2D eigenvalue weighted by Gasteiger charge is -2.26. The van der Waals surface area contributed by atoms with Crippen molar-refractivity contribution in [3.05, 3.63) is 0 Å². The number of rotatable bonds is 20. The van der Waals surface area contributed by atoms with Crippen LogP contribution in [0.1, 0.15) is 25.7 Å². The van der Waals surface area contributed by atoms with Crippen LogP contribution in [0.4, 0.5) is 0 Å². The number of nitrogens with one attached hydrogen (secondary N) is 3. The number of carboxylic acid groups (broad SMARTS) is 4. The Hall–Kier alpha value is -3.62. The van der Waals surface area contributed by atoms with Crippen molar-refractivity contribution < 1.29 is 58.8 Å². The first-order valence-corrected chi connectivity index (χ1v) is 13.0. The summed E-state index contributed by atoms with van der Waals surface area (Å²) in [4.78, 5) is 93.7. The van der Waals surface area contributed by atoms with E-state index in [2.05, 4.69) is 23.3 Å². The molecular formula is C20H32N6O12S2. The highest BCUT2D eigenvalue weighted by Crippen LogP contribution is 2.15. The average Bonchev–Trinajstić information content (AvgIpc) is 2.87. The number of carboxylic acids is 4. The van der Waals surface area contributed by atoms with Gasteiger partial charge in [-0.15, -0.1) is 0 Å². The Labute approximate surface area is 237 Å². The maximum absolute atomic E-state index is 13.0. The van der Waals surface area contributed by atoms with Gasteiger partial charge in [-0.2, -0.15) is 12.6 Å². The zero-order valence-corrected chi connectivity index (χ0v) is 22.7. The van der Waals surface area contributed by atoms with Gasteiger partial charge in [0.1, 0.15) is 37.3 Å². The van der Waals surface area contributed by atoms with E-state index in [0.29, 0.717) is 16.3 Å². The van der Waals surface area contributed by atoms with Crippen LogP contribution in [0.15, 0.2) is 0 Å². The Bertz CT molecular complexity index is 968. The monoisotopic (exact) mass is 612 g/mol. The summed E-state index contributed by atoms with van der Waals surface area (Å²) in [6.45, 7) is -1.74. The lowest BCUT2D eigenvalue weighted by molar-refractivity contribution is -0.141.